The third-order valence-corrected chi connectivity index (χ3v) is 8.87. The summed E-state index contributed by atoms with van der Waals surface area (Å²) >= 11 is 0. The summed E-state index contributed by atoms with van der Waals surface area (Å²) in [5.74, 6) is -0.406. The van der Waals surface area contributed by atoms with Crippen LogP contribution >= 0.6 is 0 Å². The number of carbonyl (C=O) groups excluding carboxylic acids is 4. The highest BCUT2D eigenvalue weighted by molar-refractivity contribution is 6.07. The van der Waals surface area contributed by atoms with E-state index in [-0.39, 0.29) is 61.3 Å². The van der Waals surface area contributed by atoms with Gasteiger partial charge < -0.3 is 50.9 Å². The molecule has 2 aliphatic heterocycles. The Hall–Kier alpha value is -7.11. The maximum absolute atomic E-state index is 12.7. The number of carbonyl (C=O) groups is 5. The minimum absolute atomic E-state index is 0.00127. The van der Waals surface area contributed by atoms with Crippen LogP contribution in [0.25, 0.3) is 0 Å². The van der Waals surface area contributed by atoms with Gasteiger partial charge in [-0.05, 0) is 75.2 Å². The van der Waals surface area contributed by atoms with E-state index in [0.29, 0.717) is 64.6 Å². The van der Waals surface area contributed by atoms with Crippen LogP contribution in [0.2, 0.25) is 0 Å². The first-order chi connectivity index (χ1) is 28.9. The van der Waals surface area contributed by atoms with E-state index in [1.807, 2.05) is 12.1 Å². The smallest absolute Gasteiger partial charge is 0.436 e. The summed E-state index contributed by atoms with van der Waals surface area (Å²) in [4.78, 5) is 62.2. The van der Waals surface area contributed by atoms with Gasteiger partial charge in [0.1, 0.15) is 55.2 Å². The lowest BCUT2D eigenvalue weighted by molar-refractivity contribution is -0.145. The molecular formula is C44H48N6O11. The second kappa shape index (κ2) is 20.2. The number of aliphatic imine (C=N–C) groups is 1. The average molecular weight is 837 g/mol. The lowest BCUT2D eigenvalue weighted by Crippen LogP contribution is -2.30. The Labute approximate surface area is 351 Å². The molecule has 61 heavy (non-hydrogen) atoms. The first-order valence-electron chi connectivity index (χ1n) is 19.1. The molecule has 2 aliphatic rings. The van der Waals surface area contributed by atoms with E-state index < -0.39 is 17.7 Å². The first kappa shape index (κ1) is 45.0. The second-order valence-corrected chi connectivity index (χ2v) is 15.1. The molecule has 6 rings (SSSR count). The summed E-state index contributed by atoms with van der Waals surface area (Å²) in [7, 11) is 0. The van der Waals surface area contributed by atoms with Gasteiger partial charge in [0.25, 0.3) is 11.8 Å². The van der Waals surface area contributed by atoms with E-state index in [4.69, 9.17) is 45.7 Å². The van der Waals surface area contributed by atoms with Gasteiger partial charge in [-0.15, -0.1) is 0 Å². The Morgan fingerprint density at radius 1 is 0.721 bits per heavy atom. The number of amides is 3. The van der Waals surface area contributed by atoms with Crippen molar-refractivity contribution in [2.45, 2.75) is 58.3 Å². The number of carboxylic acid groups (broad SMARTS) is 1. The van der Waals surface area contributed by atoms with Gasteiger partial charge in [-0.2, -0.15) is 4.99 Å². The Kier molecular flexibility index (Phi) is 14.9. The van der Waals surface area contributed by atoms with E-state index in [2.05, 4.69) is 15.6 Å². The molecule has 3 amide bonds. The predicted molar refractivity (Wildman–Crippen MR) is 226 cm³/mol. The highest BCUT2D eigenvalue weighted by atomic mass is 16.6. The van der Waals surface area contributed by atoms with Gasteiger partial charge in [0.2, 0.25) is 0 Å². The van der Waals surface area contributed by atoms with E-state index in [1.165, 1.54) is 6.92 Å². The number of nitrogen functional groups attached to an aromatic ring is 1. The summed E-state index contributed by atoms with van der Waals surface area (Å²) in [5, 5.41) is 21.7. The number of benzene rings is 4. The molecule has 2 unspecified atom stereocenters. The van der Waals surface area contributed by atoms with Crippen LogP contribution in [0.3, 0.4) is 0 Å². The number of hydrogen-bond acceptors (Lipinski definition) is 11. The van der Waals surface area contributed by atoms with E-state index in [0.717, 1.165) is 11.1 Å². The Bertz CT molecular complexity index is 2300. The number of nitrogens with two attached hydrogens (primary N) is 2. The van der Waals surface area contributed by atoms with Crippen molar-refractivity contribution in [3.05, 3.63) is 118 Å². The molecule has 0 saturated carbocycles. The highest BCUT2D eigenvalue weighted by Gasteiger charge is 2.23. The number of rotatable bonds is 12. The third kappa shape index (κ3) is 13.7. The van der Waals surface area contributed by atoms with Gasteiger partial charge in [-0.3, -0.25) is 19.8 Å². The van der Waals surface area contributed by atoms with Crippen LogP contribution in [0.5, 0.6) is 11.5 Å². The molecule has 2 heterocycles. The number of fused-ring (bicyclic) bond motifs is 2. The number of nitrogens with zero attached hydrogens (tertiary/aromatic N) is 1. The molecule has 0 spiro atoms. The number of ketones is 1. The van der Waals surface area contributed by atoms with Crippen molar-refractivity contribution >= 4 is 52.7 Å². The number of hydrogen-bond donors (Lipinski definition) is 6. The highest BCUT2D eigenvalue weighted by Crippen LogP contribution is 2.30. The van der Waals surface area contributed by atoms with Crippen LogP contribution < -0.4 is 31.6 Å². The lowest BCUT2D eigenvalue weighted by atomic mass is 10.0. The number of ether oxygens (including phenoxy) is 5. The number of carboxylic acids is 1. The minimum atomic E-state index is -1.02. The van der Waals surface area contributed by atoms with Crippen LogP contribution in [0.4, 0.5) is 16.2 Å². The molecule has 0 aliphatic carbocycles. The van der Waals surface area contributed by atoms with Crippen LogP contribution in [0.1, 0.15) is 70.7 Å². The summed E-state index contributed by atoms with van der Waals surface area (Å²) in [5.41, 5.74) is 15.5. The minimum Gasteiger partial charge on any atom is -0.491 e. The van der Waals surface area contributed by atoms with E-state index in [1.54, 1.807) is 93.6 Å². The lowest BCUT2D eigenvalue weighted by Gasteiger charge is -2.25. The molecule has 0 fully saturated rings. The fourth-order valence-corrected chi connectivity index (χ4v) is 5.93. The number of nitrogens with one attached hydrogen (secondary N) is 3. The fourth-order valence-electron chi connectivity index (χ4n) is 5.93. The molecule has 320 valence electrons. The molecule has 4 aromatic carbocycles. The Morgan fingerprint density at radius 2 is 1.16 bits per heavy atom. The van der Waals surface area contributed by atoms with Gasteiger partial charge in [-0.25, -0.2) is 9.59 Å². The van der Waals surface area contributed by atoms with Crippen LogP contribution in [0.15, 0.2) is 89.9 Å². The van der Waals surface area contributed by atoms with E-state index in [9.17, 15) is 24.0 Å². The van der Waals surface area contributed by atoms with Crippen molar-refractivity contribution < 1.29 is 52.8 Å². The van der Waals surface area contributed by atoms with Crippen molar-refractivity contribution in [2.24, 2.45) is 16.5 Å². The monoisotopic (exact) mass is 836 g/mol. The molecule has 8 N–H and O–H groups in total. The maximum atomic E-state index is 12.7. The van der Waals surface area contributed by atoms with Crippen LogP contribution in [-0.4, -0.2) is 90.7 Å². The summed E-state index contributed by atoms with van der Waals surface area (Å²) < 4.78 is 27.3. The molecular weight excluding hydrogens is 789 g/mol. The quantitative estimate of drug-likeness (QED) is 0.0801. The van der Waals surface area contributed by atoms with Crippen molar-refractivity contribution in [1.29, 1.82) is 5.41 Å². The van der Waals surface area contributed by atoms with Gasteiger partial charge in [0, 0.05) is 58.6 Å². The summed E-state index contributed by atoms with van der Waals surface area (Å²) in [6.07, 6.45) is -0.0952. The fraction of sp³-hybridized carbons (Fsp3) is 0.295. The van der Waals surface area contributed by atoms with Crippen LogP contribution in [-0.2, 0) is 36.6 Å². The Balaban J connectivity index is 0.000000237. The number of Topliss-reactive ketones (excluding diaryl/α,β-unsaturated/α-hetero) is 1. The Morgan fingerprint density at radius 3 is 1.59 bits per heavy atom. The summed E-state index contributed by atoms with van der Waals surface area (Å²) in [6, 6.07) is 23.5. The summed E-state index contributed by atoms with van der Waals surface area (Å²) in [6.45, 7) is 6.99. The van der Waals surface area contributed by atoms with E-state index >= 15 is 0 Å². The average Bonchev–Trinajstić information content (AvgIpc) is 3.21. The second-order valence-electron chi connectivity index (χ2n) is 15.1. The van der Waals surface area contributed by atoms with Gasteiger partial charge in [0.05, 0.1) is 12.2 Å². The number of amidine groups is 2. The predicted octanol–water partition coefficient (Wildman–Crippen LogP) is 5.12. The van der Waals surface area contributed by atoms with Crippen molar-refractivity contribution in [1.82, 2.24) is 0 Å². The van der Waals surface area contributed by atoms with Crippen LogP contribution in [0, 0.1) is 5.41 Å². The van der Waals surface area contributed by atoms with Crippen molar-refractivity contribution in [3.8, 4) is 11.5 Å². The zero-order valence-corrected chi connectivity index (χ0v) is 34.1. The maximum Gasteiger partial charge on any atom is 0.436 e. The zero-order valence-electron chi connectivity index (χ0n) is 34.1. The topological polar surface area (TPSA) is 264 Å². The molecule has 17 nitrogen and oxygen atoms in total. The molecule has 17 heteroatoms. The van der Waals surface area contributed by atoms with Gasteiger partial charge in [-0.1, -0.05) is 36.4 Å². The van der Waals surface area contributed by atoms with Gasteiger partial charge >= 0.3 is 12.1 Å². The third-order valence-electron chi connectivity index (χ3n) is 8.87. The standard InChI is InChI=1S/C25H29N3O6.C19H19N3O5/c1-15(29)13-32-20-11-18-9-10-19(12-21(18)33-14-20)27-23(30)17-7-5-16(6-8-17)22(26)28-24(31)34-25(2,3)4;20-18(21)11-1-3-12(4-2-11)19(25)22-14-6-5-13-7-15(26-10-17(23)24)9-27-16(13)8-14/h5-10,12,20H,11,13-14H2,1-4H3,(H,27,30)(H2,26,28,31);1-6,8,15H,7,9-10H2,(H3,20,21)(H,22,25)(H,23,24). The zero-order chi connectivity index (χ0) is 44.3. The molecule has 2 atom stereocenters. The van der Waals surface area contributed by atoms with Crippen molar-refractivity contribution in [3.63, 3.8) is 0 Å². The largest absolute Gasteiger partial charge is 0.491 e. The van der Waals surface area contributed by atoms with Crippen molar-refractivity contribution in [2.75, 3.05) is 37.1 Å². The molecule has 0 saturated heterocycles. The first-order valence-corrected chi connectivity index (χ1v) is 19.1. The number of aliphatic carboxylic acids is 1. The molecule has 0 bridgehead atoms. The molecule has 0 aromatic heterocycles. The van der Waals surface area contributed by atoms with Gasteiger partial charge in [0.15, 0.2) is 5.78 Å². The molecule has 0 radical (unpaired) electrons. The normalized spacial score (nSPS) is 15.5. The number of anilines is 2. The SMILES string of the molecule is CC(=O)COC1COc2cc(NC(=O)c3ccc(C(N)=NC(=O)OC(C)(C)C)cc3)ccc2C1.N=C(N)c1ccc(C(=O)Nc2ccc3c(c2)OCC(OCC(=O)O)C3)cc1. The molecule has 4 aromatic rings.